The zero-order valence-electron chi connectivity index (χ0n) is 11.7. The van der Waals surface area contributed by atoms with Crippen LogP contribution in [0.2, 0.25) is 0 Å². The SMILES string of the molecule is CCN(CC(C)(C)O)C(C)c1ccccc1C. The Labute approximate surface area is 105 Å². The van der Waals surface area contributed by atoms with Crippen molar-refractivity contribution in [3.8, 4) is 0 Å². The summed E-state index contributed by atoms with van der Waals surface area (Å²) < 4.78 is 0. The molecule has 0 heterocycles. The van der Waals surface area contributed by atoms with Crippen LogP contribution in [-0.4, -0.2) is 28.7 Å². The van der Waals surface area contributed by atoms with Crippen LogP contribution < -0.4 is 0 Å². The maximum atomic E-state index is 9.94. The van der Waals surface area contributed by atoms with E-state index < -0.39 is 5.60 Å². The van der Waals surface area contributed by atoms with E-state index in [1.807, 2.05) is 13.8 Å². The summed E-state index contributed by atoms with van der Waals surface area (Å²) in [6, 6.07) is 8.80. The third-order valence-electron chi connectivity index (χ3n) is 3.18. The molecule has 0 amide bonds. The summed E-state index contributed by atoms with van der Waals surface area (Å²) in [7, 11) is 0. The van der Waals surface area contributed by atoms with E-state index in [-0.39, 0.29) is 0 Å². The molecule has 2 nitrogen and oxygen atoms in total. The predicted octanol–water partition coefficient (Wildman–Crippen LogP) is 3.15. The van der Waals surface area contributed by atoms with Crippen molar-refractivity contribution < 1.29 is 5.11 Å². The second kappa shape index (κ2) is 5.65. The van der Waals surface area contributed by atoms with Crippen LogP contribution in [0.25, 0.3) is 0 Å². The van der Waals surface area contributed by atoms with E-state index in [0.29, 0.717) is 12.6 Å². The summed E-state index contributed by atoms with van der Waals surface area (Å²) >= 11 is 0. The molecule has 0 aliphatic carbocycles. The molecule has 0 saturated heterocycles. The molecule has 0 aliphatic heterocycles. The second-order valence-corrected chi connectivity index (χ2v) is 5.41. The van der Waals surface area contributed by atoms with Crippen molar-refractivity contribution in [3.05, 3.63) is 35.4 Å². The zero-order chi connectivity index (χ0) is 13.1. The topological polar surface area (TPSA) is 23.5 Å². The molecule has 0 aliphatic rings. The molecular formula is C15H25NO. The lowest BCUT2D eigenvalue weighted by molar-refractivity contribution is 0.0248. The van der Waals surface area contributed by atoms with Crippen LogP contribution in [0.5, 0.6) is 0 Å². The van der Waals surface area contributed by atoms with Gasteiger partial charge < -0.3 is 5.11 Å². The van der Waals surface area contributed by atoms with Crippen LogP contribution >= 0.6 is 0 Å². The summed E-state index contributed by atoms with van der Waals surface area (Å²) in [6.07, 6.45) is 0. The first-order valence-electron chi connectivity index (χ1n) is 6.37. The lowest BCUT2D eigenvalue weighted by Crippen LogP contribution is -2.40. The maximum Gasteiger partial charge on any atom is 0.0718 e. The molecule has 0 bridgehead atoms. The monoisotopic (exact) mass is 235 g/mol. The van der Waals surface area contributed by atoms with Crippen LogP contribution in [0.3, 0.4) is 0 Å². The molecule has 2 heteroatoms. The molecule has 1 aromatic rings. The van der Waals surface area contributed by atoms with Crippen molar-refractivity contribution in [2.75, 3.05) is 13.1 Å². The predicted molar refractivity (Wildman–Crippen MR) is 73.1 cm³/mol. The van der Waals surface area contributed by atoms with E-state index in [9.17, 15) is 5.11 Å². The highest BCUT2D eigenvalue weighted by atomic mass is 16.3. The second-order valence-electron chi connectivity index (χ2n) is 5.41. The molecule has 1 N–H and O–H groups in total. The Hall–Kier alpha value is -0.860. The van der Waals surface area contributed by atoms with Gasteiger partial charge in [0.1, 0.15) is 0 Å². The number of nitrogens with zero attached hydrogens (tertiary/aromatic N) is 1. The van der Waals surface area contributed by atoms with Crippen molar-refractivity contribution in [1.29, 1.82) is 0 Å². The Morgan fingerprint density at radius 2 is 1.88 bits per heavy atom. The summed E-state index contributed by atoms with van der Waals surface area (Å²) in [6.45, 7) is 11.8. The van der Waals surface area contributed by atoms with Gasteiger partial charge in [0, 0.05) is 12.6 Å². The molecule has 1 rings (SSSR count). The first-order valence-corrected chi connectivity index (χ1v) is 6.37. The summed E-state index contributed by atoms with van der Waals surface area (Å²) in [5, 5.41) is 9.94. The van der Waals surface area contributed by atoms with E-state index in [4.69, 9.17) is 0 Å². The zero-order valence-corrected chi connectivity index (χ0v) is 11.7. The third kappa shape index (κ3) is 4.14. The van der Waals surface area contributed by atoms with Gasteiger partial charge in [0.15, 0.2) is 0 Å². The quantitative estimate of drug-likeness (QED) is 0.847. The maximum absolute atomic E-state index is 9.94. The Kier molecular flexibility index (Phi) is 4.72. The molecule has 1 unspecified atom stereocenters. The Morgan fingerprint density at radius 1 is 1.29 bits per heavy atom. The minimum Gasteiger partial charge on any atom is -0.389 e. The van der Waals surface area contributed by atoms with Crippen LogP contribution in [0.15, 0.2) is 24.3 Å². The molecule has 17 heavy (non-hydrogen) atoms. The van der Waals surface area contributed by atoms with Gasteiger partial charge in [0.05, 0.1) is 5.60 Å². The number of hydrogen-bond acceptors (Lipinski definition) is 2. The van der Waals surface area contributed by atoms with Crippen molar-refractivity contribution >= 4 is 0 Å². The van der Waals surface area contributed by atoms with E-state index in [0.717, 1.165) is 6.54 Å². The largest absolute Gasteiger partial charge is 0.389 e. The van der Waals surface area contributed by atoms with Gasteiger partial charge in [-0.15, -0.1) is 0 Å². The molecule has 0 fully saturated rings. The van der Waals surface area contributed by atoms with Gasteiger partial charge in [-0.2, -0.15) is 0 Å². The highest BCUT2D eigenvalue weighted by Gasteiger charge is 2.22. The van der Waals surface area contributed by atoms with Gasteiger partial charge in [-0.05, 0) is 45.4 Å². The van der Waals surface area contributed by atoms with Crippen molar-refractivity contribution in [3.63, 3.8) is 0 Å². The molecule has 1 aromatic carbocycles. The van der Waals surface area contributed by atoms with Gasteiger partial charge in [-0.3, -0.25) is 4.90 Å². The number of rotatable bonds is 5. The first-order chi connectivity index (χ1) is 7.85. The van der Waals surface area contributed by atoms with Crippen LogP contribution in [0.4, 0.5) is 0 Å². The molecule has 96 valence electrons. The van der Waals surface area contributed by atoms with Crippen LogP contribution in [-0.2, 0) is 0 Å². The van der Waals surface area contributed by atoms with Gasteiger partial charge >= 0.3 is 0 Å². The lowest BCUT2D eigenvalue weighted by Gasteiger charge is -2.33. The average molecular weight is 235 g/mol. The fourth-order valence-corrected chi connectivity index (χ4v) is 2.27. The fraction of sp³-hybridized carbons (Fsp3) is 0.600. The van der Waals surface area contributed by atoms with E-state index in [1.165, 1.54) is 11.1 Å². The smallest absolute Gasteiger partial charge is 0.0718 e. The summed E-state index contributed by atoms with van der Waals surface area (Å²) in [4.78, 5) is 2.31. The number of likely N-dealkylation sites (N-methyl/N-ethyl adjacent to an activating group) is 1. The number of benzene rings is 1. The van der Waals surface area contributed by atoms with Crippen molar-refractivity contribution in [1.82, 2.24) is 4.90 Å². The molecule has 0 aromatic heterocycles. The third-order valence-corrected chi connectivity index (χ3v) is 3.18. The highest BCUT2D eigenvalue weighted by molar-refractivity contribution is 5.28. The minimum atomic E-state index is -0.646. The Morgan fingerprint density at radius 3 is 2.35 bits per heavy atom. The molecule has 0 spiro atoms. The van der Waals surface area contributed by atoms with Gasteiger partial charge in [0.25, 0.3) is 0 Å². The molecular weight excluding hydrogens is 210 g/mol. The number of hydrogen-bond donors (Lipinski definition) is 1. The van der Waals surface area contributed by atoms with E-state index in [2.05, 4.69) is 49.9 Å². The lowest BCUT2D eigenvalue weighted by atomic mass is 9.99. The normalized spacial score (nSPS) is 14.1. The van der Waals surface area contributed by atoms with Crippen molar-refractivity contribution in [2.24, 2.45) is 0 Å². The van der Waals surface area contributed by atoms with Gasteiger partial charge in [-0.25, -0.2) is 0 Å². The first kappa shape index (κ1) is 14.2. The standard InChI is InChI=1S/C15H25NO/c1-6-16(11-15(4,5)17)13(3)14-10-8-7-9-12(14)2/h7-10,13,17H,6,11H2,1-5H3. The highest BCUT2D eigenvalue weighted by Crippen LogP contribution is 2.24. The van der Waals surface area contributed by atoms with Crippen LogP contribution in [0.1, 0.15) is 44.9 Å². The summed E-state index contributed by atoms with van der Waals surface area (Å²) in [5.41, 5.74) is 2.01. The minimum absolute atomic E-state index is 0.340. The summed E-state index contributed by atoms with van der Waals surface area (Å²) in [5.74, 6) is 0. The van der Waals surface area contributed by atoms with Gasteiger partial charge in [-0.1, -0.05) is 31.2 Å². The van der Waals surface area contributed by atoms with Crippen LogP contribution in [0, 0.1) is 6.92 Å². The number of aliphatic hydroxyl groups is 1. The van der Waals surface area contributed by atoms with Gasteiger partial charge in [0.2, 0.25) is 0 Å². The molecule has 0 radical (unpaired) electrons. The molecule has 0 saturated carbocycles. The fourth-order valence-electron chi connectivity index (χ4n) is 2.27. The van der Waals surface area contributed by atoms with Crippen molar-refractivity contribution in [2.45, 2.75) is 46.3 Å². The molecule has 1 atom stereocenters. The number of aryl methyl sites for hydroxylation is 1. The van der Waals surface area contributed by atoms with E-state index >= 15 is 0 Å². The Bertz CT molecular complexity index is 354. The Balaban J connectivity index is 2.87. The van der Waals surface area contributed by atoms with E-state index in [1.54, 1.807) is 0 Å². The average Bonchev–Trinajstić information content (AvgIpc) is 2.24.